The lowest BCUT2D eigenvalue weighted by atomic mass is 9.90. The molecule has 0 saturated heterocycles. The number of carboxylic acid groups (broad SMARTS) is 1. The average Bonchev–Trinajstić information content (AvgIpc) is 3.47. The highest BCUT2D eigenvalue weighted by atomic mass is 19.4. The number of fused-ring (bicyclic) bond motifs is 3. The summed E-state index contributed by atoms with van der Waals surface area (Å²) in [7, 11) is 0. The molecule has 3 N–H and O–H groups in total. The first-order valence-electron chi connectivity index (χ1n) is 11.6. The normalized spacial score (nSPS) is 22.3. The average molecular weight is 473 g/mol. The van der Waals surface area contributed by atoms with E-state index in [9.17, 15) is 23.1 Å². The van der Waals surface area contributed by atoms with E-state index < -0.39 is 29.7 Å². The number of aliphatic hydroxyl groups is 1. The van der Waals surface area contributed by atoms with Crippen LogP contribution in [0.5, 0.6) is 5.75 Å². The molecule has 2 aromatic carbocycles. The number of halogens is 3. The standard InChI is InChI=1S/C26H26F3NO4/c27-26(28,29)21-10-14(4-7-17(21)18-2-1-3-23(18)31)13-34-16-6-9-22-20(12-16)19-8-5-15(11-24(32)33)25(19)30-22/h4,6-7,9-10,12,15,18,23,30-31H,1-3,5,8,11,13H2,(H,32,33)/t15-,18-,23+/m0/s1. The van der Waals surface area contributed by atoms with Crippen molar-refractivity contribution in [1.82, 2.24) is 4.98 Å². The van der Waals surface area contributed by atoms with Gasteiger partial charge in [0.2, 0.25) is 0 Å². The maximum atomic E-state index is 13.8. The number of alkyl halides is 3. The first kappa shape index (κ1) is 22.8. The summed E-state index contributed by atoms with van der Waals surface area (Å²) < 4.78 is 47.2. The molecule has 8 heteroatoms. The second kappa shape index (κ2) is 8.65. The fourth-order valence-electron chi connectivity index (χ4n) is 5.57. The predicted molar refractivity (Wildman–Crippen MR) is 120 cm³/mol. The van der Waals surface area contributed by atoms with Crippen molar-refractivity contribution in [3.05, 3.63) is 64.3 Å². The minimum absolute atomic E-state index is 0.0175. The highest BCUT2D eigenvalue weighted by Gasteiger charge is 2.38. The maximum absolute atomic E-state index is 13.8. The van der Waals surface area contributed by atoms with Gasteiger partial charge in [0.1, 0.15) is 12.4 Å². The maximum Gasteiger partial charge on any atom is 0.416 e. The van der Waals surface area contributed by atoms with E-state index in [-0.39, 0.29) is 24.5 Å². The van der Waals surface area contributed by atoms with Gasteiger partial charge in [0, 0.05) is 28.4 Å². The van der Waals surface area contributed by atoms with Gasteiger partial charge in [-0.2, -0.15) is 13.2 Å². The minimum atomic E-state index is -4.51. The third-order valence-corrected chi connectivity index (χ3v) is 7.19. The van der Waals surface area contributed by atoms with E-state index in [0.717, 1.165) is 47.5 Å². The topological polar surface area (TPSA) is 82.5 Å². The van der Waals surface area contributed by atoms with Crippen molar-refractivity contribution in [2.75, 3.05) is 0 Å². The van der Waals surface area contributed by atoms with Crippen molar-refractivity contribution in [3.63, 3.8) is 0 Å². The number of aryl methyl sites for hydroxylation is 1. The molecule has 0 unspecified atom stereocenters. The third-order valence-electron chi connectivity index (χ3n) is 7.19. The molecule has 34 heavy (non-hydrogen) atoms. The molecule has 5 nitrogen and oxygen atoms in total. The Hall–Kier alpha value is -3.00. The minimum Gasteiger partial charge on any atom is -0.489 e. The van der Waals surface area contributed by atoms with Crippen LogP contribution in [0, 0.1) is 0 Å². The van der Waals surface area contributed by atoms with Crippen molar-refractivity contribution >= 4 is 16.9 Å². The molecule has 5 rings (SSSR count). The summed E-state index contributed by atoms with van der Waals surface area (Å²) >= 11 is 0. The van der Waals surface area contributed by atoms with Gasteiger partial charge < -0.3 is 19.9 Å². The van der Waals surface area contributed by atoms with Gasteiger partial charge in [-0.05, 0) is 66.6 Å². The van der Waals surface area contributed by atoms with E-state index in [1.54, 1.807) is 12.1 Å². The fraction of sp³-hybridized carbons (Fsp3) is 0.423. The lowest BCUT2D eigenvalue weighted by Gasteiger charge is -2.21. The number of carbonyl (C=O) groups is 1. The summed E-state index contributed by atoms with van der Waals surface area (Å²) in [5.41, 5.74) is 2.79. The number of aliphatic carboxylic acids is 1. The Morgan fingerprint density at radius 1 is 1.12 bits per heavy atom. The Labute approximate surface area is 194 Å². The summed E-state index contributed by atoms with van der Waals surface area (Å²) in [6, 6.07) is 9.72. The summed E-state index contributed by atoms with van der Waals surface area (Å²) in [5.74, 6) is -0.816. The van der Waals surface area contributed by atoms with Gasteiger partial charge in [0.15, 0.2) is 0 Å². The van der Waals surface area contributed by atoms with Crippen molar-refractivity contribution in [1.29, 1.82) is 0 Å². The zero-order valence-electron chi connectivity index (χ0n) is 18.5. The number of hydrogen-bond donors (Lipinski definition) is 3. The zero-order chi connectivity index (χ0) is 24.0. The molecule has 0 amide bonds. The van der Waals surface area contributed by atoms with Crippen molar-refractivity contribution in [2.45, 2.75) is 69.2 Å². The Morgan fingerprint density at radius 2 is 1.94 bits per heavy atom. The molecule has 1 saturated carbocycles. The quantitative estimate of drug-likeness (QED) is 0.416. The number of aromatic amines is 1. The lowest BCUT2D eigenvalue weighted by molar-refractivity contribution is -0.139. The van der Waals surface area contributed by atoms with E-state index >= 15 is 0 Å². The number of rotatable bonds is 6. The zero-order valence-corrected chi connectivity index (χ0v) is 18.5. The number of ether oxygens (including phenoxy) is 1. The molecular formula is C26H26F3NO4. The molecule has 180 valence electrons. The number of benzene rings is 2. The molecule has 0 aliphatic heterocycles. The van der Waals surface area contributed by atoms with Crippen molar-refractivity contribution in [3.8, 4) is 5.75 Å². The van der Waals surface area contributed by atoms with Crippen LogP contribution in [0.4, 0.5) is 13.2 Å². The van der Waals surface area contributed by atoms with Gasteiger partial charge in [0.25, 0.3) is 0 Å². The highest BCUT2D eigenvalue weighted by molar-refractivity contribution is 5.87. The third kappa shape index (κ3) is 4.27. The fourth-order valence-corrected chi connectivity index (χ4v) is 5.57. The summed E-state index contributed by atoms with van der Waals surface area (Å²) in [5, 5.41) is 20.2. The summed E-state index contributed by atoms with van der Waals surface area (Å²) in [4.78, 5) is 14.5. The van der Waals surface area contributed by atoms with Crippen LogP contribution in [0.3, 0.4) is 0 Å². The highest BCUT2D eigenvalue weighted by Crippen LogP contribution is 2.43. The van der Waals surface area contributed by atoms with Crippen LogP contribution in [0.1, 0.15) is 71.9 Å². The van der Waals surface area contributed by atoms with E-state index in [1.807, 2.05) is 12.1 Å². The number of nitrogens with one attached hydrogen (secondary N) is 1. The van der Waals surface area contributed by atoms with Gasteiger partial charge in [-0.3, -0.25) is 4.79 Å². The molecular weight excluding hydrogens is 447 g/mol. The van der Waals surface area contributed by atoms with Crippen LogP contribution in [-0.4, -0.2) is 27.3 Å². The number of hydrogen-bond acceptors (Lipinski definition) is 3. The van der Waals surface area contributed by atoms with Gasteiger partial charge in [-0.25, -0.2) is 0 Å². The van der Waals surface area contributed by atoms with E-state index in [0.29, 0.717) is 24.2 Å². The molecule has 2 aliphatic carbocycles. The molecule has 1 heterocycles. The Morgan fingerprint density at radius 3 is 2.65 bits per heavy atom. The van der Waals surface area contributed by atoms with Gasteiger partial charge in [-0.15, -0.1) is 0 Å². The lowest BCUT2D eigenvalue weighted by Crippen LogP contribution is -2.18. The molecule has 2 aliphatic rings. The molecule has 0 spiro atoms. The Kier molecular flexibility index (Phi) is 5.80. The van der Waals surface area contributed by atoms with Crippen LogP contribution in [0.25, 0.3) is 10.9 Å². The summed E-state index contributed by atoms with van der Waals surface area (Å²) in [6.07, 6.45) is -1.83. The number of carboxylic acids is 1. The van der Waals surface area contributed by atoms with E-state index in [1.165, 1.54) is 6.07 Å². The van der Waals surface area contributed by atoms with Crippen LogP contribution < -0.4 is 4.74 Å². The van der Waals surface area contributed by atoms with Gasteiger partial charge in [0.05, 0.1) is 18.1 Å². The number of aliphatic hydroxyl groups excluding tert-OH is 1. The smallest absolute Gasteiger partial charge is 0.416 e. The molecule has 1 fully saturated rings. The first-order valence-corrected chi connectivity index (χ1v) is 11.6. The Bertz CT molecular complexity index is 1230. The van der Waals surface area contributed by atoms with Gasteiger partial charge >= 0.3 is 12.1 Å². The molecule has 0 radical (unpaired) electrons. The molecule has 1 aromatic heterocycles. The second-order valence-corrected chi connectivity index (χ2v) is 9.37. The SMILES string of the molecule is O=C(O)C[C@@H]1CCc2c1[nH]c1ccc(OCc3ccc([C@@H]4CCC[C@H]4O)c(C(F)(F)F)c3)cc21. The largest absolute Gasteiger partial charge is 0.489 e. The Balaban J connectivity index is 1.36. The van der Waals surface area contributed by atoms with E-state index in [2.05, 4.69) is 4.98 Å². The van der Waals surface area contributed by atoms with Gasteiger partial charge in [-0.1, -0.05) is 18.6 Å². The second-order valence-electron chi connectivity index (χ2n) is 9.37. The number of aromatic nitrogens is 1. The van der Waals surface area contributed by atoms with Crippen LogP contribution in [-0.2, 0) is 24.0 Å². The summed E-state index contributed by atoms with van der Waals surface area (Å²) in [6.45, 7) is -0.0175. The van der Waals surface area contributed by atoms with Crippen molar-refractivity contribution < 1.29 is 32.9 Å². The first-order chi connectivity index (χ1) is 16.2. The molecule has 0 bridgehead atoms. The molecule has 3 atom stereocenters. The number of H-pyrrole nitrogens is 1. The van der Waals surface area contributed by atoms with Crippen LogP contribution >= 0.6 is 0 Å². The predicted octanol–water partition coefficient (Wildman–Crippen LogP) is 5.90. The van der Waals surface area contributed by atoms with E-state index in [4.69, 9.17) is 9.84 Å². The van der Waals surface area contributed by atoms with Crippen molar-refractivity contribution in [2.24, 2.45) is 0 Å². The van der Waals surface area contributed by atoms with Crippen LogP contribution in [0.2, 0.25) is 0 Å². The van der Waals surface area contributed by atoms with Crippen LogP contribution in [0.15, 0.2) is 36.4 Å². The monoisotopic (exact) mass is 473 g/mol. The molecule has 3 aromatic rings.